The molecular formula is C12H26N4. The Labute approximate surface area is 99.3 Å². The summed E-state index contributed by atoms with van der Waals surface area (Å²) in [6.45, 7) is 4.12. The summed E-state index contributed by atoms with van der Waals surface area (Å²) in [7, 11) is 2.07. The highest BCUT2D eigenvalue weighted by Crippen LogP contribution is 2.25. The van der Waals surface area contributed by atoms with Crippen LogP contribution in [0.3, 0.4) is 0 Å². The third kappa shape index (κ3) is 4.39. The minimum atomic E-state index is 0.828. The van der Waals surface area contributed by atoms with Gasteiger partial charge in [0.1, 0.15) is 0 Å². The topological polar surface area (TPSA) is 53.6 Å². The van der Waals surface area contributed by atoms with Crippen LogP contribution in [0.25, 0.3) is 0 Å². The zero-order chi connectivity index (χ0) is 11.8. The molecule has 0 aromatic carbocycles. The standard InChI is InChI=1S/C12H26N4/c1-3-4-9-14-12(15-13)16(2)10-11-7-5-6-8-11/h11H,3-10,13H2,1-2H3,(H,14,15). The molecule has 0 aromatic rings. The Morgan fingerprint density at radius 2 is 2.12 bits per heavy atom. The van der Waals surface area contributed by atoms with E-state index in [1.54, 1.807) is 0 Å². The number of guanidine groups is 1. The van der Waals surface area contributed by atoms with E-state index < -0.39 is 0 Å². The van der Waals surface area contributed by atoms with Crippen LogP contribution in [0.5, 0.6) is 0 Å². The zero-order valence-electron chi connectivity index (χ0n) is 10.7. The molecule has 1 aliphatic carbocycles. The van der Waals surface area contributed by atoms with Crippen LogP contribution in [0, 0.1) is 5.92 Å². The van der Waals surface area contributed by atoms with Crippen molar-refractivity contribution in [3.8, 4) is 0 Å². The van der Waals surface area contributed by atoms with Crippen LogP contribution in [0.2, 0.25) is 0 Å². The minimum absolute atomic E-state index is 0.828. The molecule has 0 spiro atoms. The van der Waals surface area contributed by atoms with Gasteiger partial charge in [0.15, 0.2) is 0 Å². The number of hydrazine groups is 1. The lowest BCUT2D eigenvalue weighted by Gasteiger charge is -2.23. The number of nitrogens with one attached hydrogen (secondary N) is 1. The van der Waals surface area contributed by atoms with Gasteiger partial charge in [0.05, 0.1) is 0 Å². The molecule has 0 unspecified atom stereocenters. The molecule has 0 saturated heterocycles. The van der Waals surface area contributed by atoms with Crippen molar-refractivity contribution in [3.05, 3.63) is 0 Å². The van der Waals surface area contributed by atoms with E-state index >= 15 is 0 Å². The number of nitrogens with two attached hydrogens (primary N) is 1. The second-order valence-corrected chi connectivity index (χ2v) is 4.73. The first-order chi connectivity index (χ1) is 7.77. The van der Waals surface area contributed by atoms with E-state index in [0.717, 1.165) is 31.4 Å². The van der Waals surface area contributed by atoms with E-state index in [4.69, 9.17) is 5.84 Å². The maximum atomic E-state index is 5.51. The number of rotatable bonds is 5. The Bertz CT molecular complexity index is 209. The summed E-state index contributed by atoms with van der Waals surface area (Å²) in [6.07, 6.45) is 7.79. The van der Waals surface area contributed by atoms with Gasteiger partial charge >= 0.3 is 0 Å². The molecule has 94 valence electrons. The molecule has 1 rings (SSSR count). The highest BCUT2D eigenvalue weighted by molar-refractivity contribution is 5.79. The van der Waals surface area contributed by atoms with Gasteiger partial charge in [0, 0.05) is 20.1 Å². The van der Waals surface area contributed by atoms with Crippen LogP contribution in [0.1, 0.15) is 45.4 Å². The van der Waals surface area contributed by atoms with Crippen LogP contribution in [0.4, 0.5) is 0 Å². The molecule has 0 radical (unpaired) electrons. The fraction of sp³-hybridized carbons (Fsp3) is 0.917. The van der Waals surface area contributed by atoms with E-state index in [2.05, 4.69) is 29.3 Å². The van der Waals surface area contributed by atoms with Gasteiger partial charge in [-0.2, -0.15) is 0 Å². The quantitative estimate of drug-likeness (QED) is 0.247. The number of nitrogens with zero attached hydrogens (tertiary/aromatic N) is 2. The molecule has 0 bridgehead atoms. The van der Waals surface area contributed by atoms with Gasteiger partial charge < -0.3 is 4.90 Å². The Morgan fingerprint density at radius 1 is 1.44 bits per heavy atom. The predicted octanol–water partition coefficient (Wildman–Crippen LogP) is 1.73. The number of hydrogen-bond acceptors (Lipinski definition) is 2. The Hall–Kier alpha value is -0.770. The van der Waals surface area contributed by atoms with Crippen molar-refractivity contribution < 1.29 is 0 Å². The number of hydrogen-bond donors (Lipinski definition) is 2. The normalized spacial score (nSPS) is 17.8. The lowest BCUT2D eigenvalue weighted by Crippen LogP contribution is -2.44. The molecule has 0 atom stereocenters. The highest BCUT2D eigenvalue weighted by atomic mass is 15.4. The summed E-state index contributed by atoms with van der Waals surface area (Å²) in [5.74, 6) is 7.17. The first kappa shape index (κ1) is 13.3. The summed E-state index contributed by atoms with van der Waals surface area (Å²) in [5.41, 5.74) is 2.71. The first-order valence-electron chi connectivity index (χ1n) is 6.50. The number of unbranched alkanes of at least 4 members (excludes halogenated alkanes) is 1. The van der Waals surface area contributed by atoms with E-state index in [0.29, 0.717) is 0 Å². The van der Waals surface area contributed by atoms with E-state index in [1.807, 2.05) is 0 Å². The summed E-state index contributed by atoms with van der Waals surface area (Å²) in [4.78, 5) is 6.64. The average Bonchev–Trinajstić information content (AvgIpc) is 2.77. The SMILES string of the molecule is CCCCN=C(NN)N(C)CC1CCCC1. The molecule has 0 aromatic heterocycles. The molecule has 0 aliphatic heterocycles. The van der Waals surface area contributed by atoms with Gasteiger partial charge in [-0.05, 0) is 25.2 Å². The van der Waals surface area contributed by atoms with Gasteiger partial charge in [-0.3, -0.25) is 10.4 Å². The molecule has 4 heteroatoms. The van der Waals surface area contributed by atoms with Crippen molar-refractivity contribution in [1.29, 1.82) is 0 Å². The van der Waals surface area contributed by atoms with Gasteiger partial charge in [-0.1, -0.05) is 26.2 Å². The molecule has 4 nitrogen and oxygen atoms in total. The summed E-state index contributed by atoms with van der Waals surface area (Å²) >= 11 is 0. The van der Waals surface area contributed by atoms with E-state index in [-0.39, 0.29) is 0 Å². The molecule has 1 saturated carbocycles. The zero-order valence-corrected chi connectivity index (χ0v) is 10.7. The van der Waals surface area contributed by atoms with Gasteiger partial charge in [-0.25, -0.2) is 5.84 Å². The molecular weight excluding hydrogens is 200 g/mol. The van der Waals surface area contributed by atoms with Crippen molar-refractivity contribution in [3.63, 3.8) is 0 Å². The monoisotopic (exact) mass is 226 g/mol. The molecule has 1 fully saturated rings. The van der Waals surface area contributed by atoms with Crippen LogP contribution in [0.15, 0.2) is 4.99 Å². The molecule has 0 amide bonds. The molecule has 16 heavy (non-hydrogen) atoms. The third-order valence-corrected chi connectivity index (χ3v) is 3.27. The summed E-state index contributed by atoms with van der Waals surface area (Å²) < 4.78 is 0. The van der Waals surface area contributed by atoms with E-state index in [9.17, 15) is 0 Å². The van der Waals surface area contributed by atoms with Gasteiger partial charge in [0.25, 0.3) is 0 Å². The van der Waals surface area contributed by atoms with Gasteiger partial charge in [0.2, 0.25) is 5.96 Å². The largest absolute Gasteiger partial charge is 0.345 e. The second kappa shape index (κ2) is 7.49. The van der Waals surface area contributed by atoms with Crippen LogP contribution < -0.4 is 11.3 Å². The van der Waals surface area contributed by atoms with Crippen molar-refractivity contribution in [2.24, 2.45) is 16.8 Å². The molecule has 1 aliphatic rings. The molecule has 3 N–H and O–H groups in total. The lowest BCUT2D eigenvalue weighted by molar-refractivity contribution is 0.378. The summed E-state index contributed by atoms with van der Waals surface area (Å²) in [5, 5.41) is 0. The Morgan fingerprint density at radius 3 is 2.69 bits per heavy atom. The fourth-order valence-electron chi connectivity index (χ4n) is 2.29. The number of aliphatic imine (C=N–C) groups is 1. The van der Waals surface area contributed by atoms with Crippen molar-refractivity contribution in [2.45, 2.75) is 45.4 Å². The van der Waals surface area contributed by atoms with Crippen molar-refractivity contribution in [1.82, 2.24) is 10.3 Å². The average molecular weight is 226 g/mol. The smallest absolute Gasteiger partial charge is 0.208 e. The minimum Gasteiger partial charge on any atom is -0.345 e. The van der Waals surface area contributed by atoms with Crippen molar-refractivity contribution in [2.75, 3.05) is 20.1 Å². The Kier molecular flexibility index (Phi) is 6.23. The third-order valence-electron chi connectivity index (χ3n) is 3.27. The highest BCUT2D eigenvalue weighted by Gasteiger charge is 2.18. The van der Waals surface area contributed by atoms with E-state index in [1.165, 1.54) is 32.1 Å². The predicted molar refractivity (Wildman–Crippen MR) is 69.1 cm³/mol. The Balaban J connectivity index is 2.35. The fourth-order valence-corrected chi connectivity index (χ4v) is 2.29. The maximum Gasteiger partial charge on any atom is 0.208 e. The first-order valence-corrected chi connectivity index (χ1v) is 6.50. The van der Waals surface area contributed by atoms with Crippen LogP contribution >= 0.6 is 0 Å². The van der Waals surface area contributed by atoms with Crippen LogP contribution in [-0.4, -0.2) is 31.0 Å². The van der Waals surface area contributed by atoms with Crippen LogP contribution in [-0.2, 0) is 0 Å². The van der Waals surface area contributed by atoms with Crippen molar-refractivity contribution >= 4 is 5.96 Å². The maximum absolute atomic E-state index is 5.51. The summed E-state index contributed by atoms with van der Waals surface area (Å²) in [6, 6.07) is 0. The second-order valence-electron chi connectivity index (χ2n) is 4.73. The molecule has 0 heterocycles. The lowest BCUT2D eigenvalue weighted by atomic mass is 10.1. The van der Waals surface area contributed by atoms with Gasteiger partial charge in [-0.15, -0.1) is 0 Å².